The Morgan fingerprint density at radius 2 is 1.77 bits per heavy atom. The van der Waals surface area contributed by atoms with Gasteiger partial charge in [-0.05, 0) is 25.1 Å². The molecule has 0 aliphatic rings. The van der Waals surface area contributed by atoms with Gasteiger partial charge in [-0.2, -0.15) is 0 Å². The first-order valence-corrected chi connectivity index (χ1v) is 10.9. The van der Waals surface area contributed by atoms with Gasteiger partial charge in [0.05, 0.1) is 0 Å². The van der Waals surface area contributed by atoms with E-state index in [1.165, 1.54) is 0 Å². The standard InChI is InChI=1S/C18H34O3Si/c1-11-14(4)16(21-17(19)13(2)3)15(5)12-20-22(9,10)18(6,7)8/h11,14-16H,1-2,12H2,3-10H3/t14-,15-,16-/m0/s1. The second-order valence-electron chi connectivity index (χ2n) is 7.79. The van der Waals surface area contributed by atoms with Crippen LogP contribution in [0.5, 0.6) is 0 Å². The smallest absolute Gasteiger partial charge is 0.333 e. The Labute approximate surface area is 137 Å². The van der Waals surface area contributed by atoms with Crippen LogP contribution in [0.2, 0.25) is 18.1 Å². The summed E-state index contributed by atoms with van der Waals surface area (Å²) in [6.45, 7) is 24.9. The van der Waals surface area contributed by atoms with E-state index in [0.29, 0.717) is 12.2 Å². The summed E-state index contributed by atoms with van der Waals surface area (Å²) in [6, 6.07) is 0. The van der Waals surface area contributed by atoms with Gasteiger partial charge >= 0.3 is 5.97 Å². The summed E-state index contributed by atoms with van der Waals surface area (Å²) in [6.07, 6.45) is 1.57. The summed E-state index contributed by atoms with van der Waals surface area (Å²) in [5, 5.41) is 0.167. The normalized spacial score (nSPS) is 16.5. The maximum Gasteiger partial charge on any atom is 0.333 e. The molecular weight excluding hydrogens is 292 g/mol. The van der Waals surface area contributed by atoms with Crippen molar-refractivity contribution in [2.45, 2.75) is 65.8 Å². The highest BCUT2D eigenvalue weighted by Gasteiger charge is 2.38. The minimum absolute atomic E-state index is 0.0707. The largest absolute Gasteiger partial charge is 0.458 e. The van der Waals surface area contributed by atoms with Gasteiger partial charge in [0.25, 0.3) is 0 Å². The molecule has 22 heavy (non-hydrogen) atoms. The van der Waals surface area contributed by atoms with Gasteiger partial charge in [0.1, 0.15) is 6.10 Å². The third kappa shape index (κ3) is 6.09. The van der Waals surface area contributed by atoms with E-state index in [1.807, 2.05) is 13.0 Å². The molecule has 0 saturated carbocycles. The highest BCUT2D eigenvalue weighted by atomic mass is 28.4. The number of ether oxygens (including phenoxy) is 1. The highest BCUT2D eigenvalue weighted by Crippen LogP contribution is 2.37. The van der Waals surface area contributed by atoms with Crippen LogP contribution < -0.4 is 0 Å². The van der Waals surface area contributed by atoms with Crippen LogP contribution in [0.1, 0.15) is 41.5 Å². The van der Waals surface area contributed by atoms with Crippen molar-refractivity contribution < 1.29 is 14.0 Å². The molecule has 0 amide bonds. The predicted molar refractivity (Wildman–Crippen MR) is 96.4 cm³/mol. The topological polar surface area (TPSA) is 35.5 Å². The zero-order chi connectivity index (χ0) is 17.7. The molecule has 0 saturated heterocycles. The van der Waals surface area contributed by atoms with Crippen LogP contribution in [0.4, 0.5) is 0 Å². The van der Waals surface area contributed by atoms with Crippen molar-refractivity contribution >= 4 is 14.3 Å². The second kappa shape index (κ2) is 8.11. The number of hydrogen-bond acceptors (Lipinski definition) is 3. The van der Waals surface area contributed by atoms with Crippen molar-refractivity contribution in [1.29, 1.82) is 0 Å². The highest BCUT2D eigenvalue weighted by molar-refractivity contribution is 6.74. The first-order chi connectivity index (χ1) is 9.83. The molecule has 0 rings (SSSR count). The maximum absolute atomic E-state index is 11.9. The van der Waals surface area contributed by atoms with Crippen LogP contribution >= 0.6 is 0 Å². The fraction of sp³-hybridized carbons (Fsp3) is 0.722. The summed E-state index contributed by atoms with van der Waals surface area (Å²) in [5.74, 6) is -0.176. The molecular formula is C18H34O3Si. The number of carbonyl (C=O) groups is 1. The fourth-order valence-electron chi connectivity index (χ4n) is 1.75. The van der Waals surface area contributed by atoms with Crippen molar-refractivity contribution in [2.24, 2.45) is 11.8 Å². The molecule has 0 heterocycles. The van der Waals surface area contributed by atoms with Crippen molar-refractivity contribution in [2.75, 3.05) is 6.61 Å². The molecule has 0 radical (unpaired) electrons. The lowest BCUT2D eigenvalue weighted by Crippen LogP contribution is -2.43. The Hall–Kier alpha value is -0.873. The fourth-order valence-corrected chi connectivity index (χ4v) is 2.86. The molecule has 3 atom stereocenters. The molecule has 128 valence electrons. The Kier molecular flexibility index (Phi) is 7.79. The van der Waals surface area contributed by atoms with Gasteiger partial charge in [-0.25, -0.2) is 4.79 Å². The van der Waals surface area contributed by atoms with E-state index in [4.69, 9.17) is 9.16 Å². The lowest BCUT2D eigenvalue weighted by molar-refractivity contribution is -0.149. The van der Waals surface area contributed by atoms with Crippen LogP contribution in [0.15, 0.2) is 24.8 Å². The summed E-state index contributed by atoms with van der Waals surface area (Å²) < 4.78 is 11.9. The van der Waals surface area contributed by atoms with Crippen LogP contribution in [0.3, 0.4) is 0 Å². The SMILES string of the molecule is C=C[C@H](C)[C@H](OC(=O)C(=C)C)[C@@H](C)CO[Si](C)(C)C(C)(C)C. The van der Waals surface area contributed by atoms with E-state index in [2.05, 4.69) is 53.9 Å². The van der Waals surface area contributed by atoms with E-state index in [1.54, 1.807) is 6.92 Å². The van der Waals surface area contributed by atoms with E-state index in [-0.39, 0.29) is 28.9 Å². The summed E-state index contributed by atoms with van der Waals surface area (Å²) in [5.41, 5.74) is 0.416. The molecule has 4 heteroatoms. The third-order valence-corrected chi connectivity index (χ3v) is 9.06. The monoisotopic (exact) mass is 326 g/mol. The molecule has 0 aromatic heterocycles. The number of hydrogen-bond donors (Lipinski definition) is 0. The van der Waals surface area contributed by atoms with Gasteiger partial charge in [-0.1, -0.05) is 47.3 Å². The van der Waals surface area contributed by atoms with Crippen molar-refractivity contribution in [3.8, 4) is 0 Å². The van der Waals surface area contributed by atoms with Gasteiger partial charge in [-0.3, -0.25) is 0 Å². The molecule has 0 aromatic rings. The van der Waals surface area contributed by atoms with Gasteiger partial charge in [0.2, 0.25) is 0 Å². The molecule has 0 unspecified atom stereocenters. The zero-order valence-electron chi connectivity index (χ0n) is 15.7. The Morgan fingerprint density at radius 1 is 1.27 bits per heavy atom. The second-order valence-corrected chi connectivity index (χ2v) is 12.6. The van der Waals surface area contributed by atoms with Gasteiger partial charge in [0, 0.05) is 24.0 Å². The molecule has 0 N–H and O–H groups in total. The van der Waals surface area contributed by atoms with Crippen LogP contribution in [-0.2, 0) is 14.0 Å². The maximum atomic E-state index is 11.9. The van der Waals surface area contributed by atoms with Crippen LogP contribution in [-0.4, -0.2) is 27.0 Å². The van der Waals surface area contributed by atoms with Crippen LogP contribution in [0, 0.1) is 11.8 Å². The van der Waals surface area contributed by atoms with E-state index in [9.17, 15) is 4.79 Å². The number of rotatable bonds is 8. The lowest BCUT2D eigenvalue weighted by atomic mass is 9.94. The molecule has 0 aliphatic carbocycles. The minimum atomic E-state index is -1.80. The van der Waals surface area contributed by atoms with Gasteiger partial charge in [0.15, 0.2) is 8.32 Å². The molecule has 0 aliphatic heterocycles. The van der Waals surface area contributed by atoms with Crippen molar-refractivity contribution in [3.05, 3.63) is 24.8 Å². The van der Waals surface area contributed by atoms with Crippen molar-refractivity contribution in [1.82, 2.24) is 0 Å². The Morgan fingerprint density at radius 3 is 2.14 bits per heavy atom. The predicted octanol–water partition coefficient (Wildman–Crippen LogP) is 4.95. The molecule has 3 nitrogen and oxygen atoms in total. The minimum Gasteiger partial charge on any atom is -0.458 e. The van der Waals surface area contributed by atoms with E-state index >= 15 is 0 Å². The average molecular weight is 327 g/mol. The van der Waals surface area contributed by atoms with Crippen molar-refractivity contribution in [3.63, 3.8) is 0 Å². The van der Waals surface area contributed by atoms with Crippen LogP contribution in [0.25, 0.3) is 0 Å². The summed E-state index contributed by atoms with van der Waals surface area (Å²) in [7, 11) is -1.80. The molecule has 0 aromatic carbocycles. The van der Waals surface area contributed by atoms with Gasteiger partial charge < -0.3 is 9.16 Å². The molecule has 0 fully saturated rings. The lowest BCUT2D eigenvalue weighted by Gasteiger charge is -2.38. The number of esters is 1. The third-order valence-electron chi connectivity index (χ3n) is 4.56. The Balaban J connectivity index is 4.92. The quantitative estimate of drug-likeness (QED) is 0.274. The Bertz CT molecular complexity index is 407. The summed E-state index contributed by atoms with van der Waals surface area (Å²) >= 11 is 0. The first-order valence-electron chi connectivity index (χ1n) is 7.96. The van der Waals surface area contributed by atoms with E-state index in [0.717, 1.165) is 0 Å². The van der Waals surface area contributed by atoms with Gasteiger partial charge in [-0.15, -0.1) is 6.58 Å². The first kappa shape index (κ1) is 21.1. The zero-order valence-corrected chi connectivity index (χ0v) is 16.7. The average Bonchev–Trinajstić information content (AvgIpc) is 2.39. The number of carbonyl (C=O) groups excluding carboxylic acids is 1. The summed E-state index contributed by atoms with van der Waals surface area (Å²) in [4.78, 5) is 11.9. The molecule has 0 spiro atoms. The van der Waals surface area contributed by atoms with E-state index < -0.39 is 8.32 Å². The molecule has 0 bridgehead atoms.